The highest BCUT2D eigenvalue weighted by molar-refractivity contribution is 7.26. The molecule has 2 aromatic carbocycles. The average Bonchev–Trinajstić information content (AvgIpc) is 3.24. The molecule has 0 spiro atoms. The van der Waals surface area contributed by atoms with Gasteiger partial charge in [0.2, 0.25) is 5.91 Å². The maximum absolute atomic E-state index is 13.5. The molecule has 0 bridgehead atoms. The summed E-state index contributed by atoms with van der Waals surface area (Å²) in [6.07, 6.45) is 0.483. The Kier molecular flexibility index (Phi) is 5.62. The van der Waals surface area contributed by atoms with Gasteiger partial charge in [0.25, 0.3) is 5.56 Å². The first kappa shape index (κ1) is 21.6. The highest BCUT2D eigenvalue weighted by atomic mass is 32.1. The Morgan fingerprint density at radius 3 is 2.48 bits per heavy atom. The number of piperazine rings is 1. The van der Waals surface area contributed by atoms with Crippen LogP contribution in [0.4, 0.5) is 10.1 Å². The van der Waals surface area contributed by atoms with Crippen molar-refractivity contribution < 1.29 is 9.18 Å². The van der Waals surface area contributed by atoms with Crippen LogP contribution >= 0.6 is 11.3 Å². The molecule has 2 aromatic heterocycles. The second kappa shape index (κ2) is 8.59. The monoisotopic (exact) mass is 464 g/mol. The topological polar surface area (TPSA) is 58.4 Å². The molecule has 1 saturated heterocycles. The SMILES string of the molecule is CC[C@@H](C(=O)N1CCN(c2ccc(F)cc2)CC1)n1nc(C)c2sc3ccccc3c2c1=O. The largest absolute Gasteiger partial charge is 0.368 e. The van der Waals surface area contributed by atoms with Gasteiger partial charge in [0, 0.05) is 42.0 Å². The fraction of sp³-hybridized carbons (Fsp3) is 0.320. The summed E-state index contributed by atoms with van der Waals surface area (Å²) in [4.78, 5) is 30.9. The van der Waals surface area contributed by atoms with Crippen LogP contribution in [0.2, 0.25) is 0 Å². The zero-order chi connectivity index (χ0) is 23.1. The van der Waals surface area contributed by atoms with Crippen LogP contribution in [-0.4, -0.2) is 46.8 Å². The number of aryl methyl sites for hydroxylation is 1. The summed E-state index contributed by atoms with van der Waals surface area (Å²) in [5.41, 5.74) is 1.50. The number of fused-ring (bicyclic) bond motifs is 3. The molecular weight excluding hydrogens is 439 g/mol. The third kappa shape index (κ3) is 3.78. The molecule has 170 valence electrons. The summed E-state index contributed by atoms with van der Waals surface area (Å²) in [5, 5.41) is 6.14. The number of halogens is 1. The molecule has 1 aliphatic rings. The Morgan fingerprint density at radius 2 is 1.79 bits per heavy atom. The lowest BCUT2D eigenvalue weighted by Crippen LogP contribution is -2.51. The molecule has 4 aromatic rings. The van der Waals surface area contributed by atoms with E-state index in [-0.39, 0.29) is 17.3 Å². The van der Waals surface area contributed by atoms with Crippen LogP contribution in [0, 0.1) is 12.7 Å². The molecular formula is C25H25FN4O2S. The van der Waals surface area contributed by atoms with E-state index < -0.39 is 6.04 Å². The molecule has 8 heteroatoms. The van der Waals surface area contributed by atoms with E-state index in [0.29, 0.717) is 38.0 Å². The van der Waals surface area contributed by atoms with Crippen molar-refractivity contribution in [1.82, 2.24) is 14.7 Å². The van der Waals surface area contributed by atoms with E-state index in [0.717, 1.165) is 26.2 Å². The van der Waals surface area contributed by atoms with Gasteiger partial charge in [0.1, 0.15) is 11.9 Å². The van der Waals surface area contributed by atoms with E-state index in [1.54, 1.807) is 23.5 Å². The van der Waals surface area contributed by atoms with Gasteiger partial charge in [0.05, 0.1) is 15.8 Å². The van der Waals surface area contributed by atoms with E-state index in [4.69, 9.17) is 0 Å². The fourth-order valence-corrected chi connectivity index (χ4v) is 5.73. The van der Waals surface area contributed by atoms with Gasteiger partial charge in [-0.3, -0.25) is 9.59 Å². The smallest absolute Gasteiger partial charge is 0.276 e. The van der Waals surface area contributed by atoms with Crippen molar-refractivity contribution in [3.63, 3.8) is 0 Å². The number of hydrogen-bond acceptors (Lipinski definition) is 5. The number of carbonyl (C=O) groups is 1. The summed E-state index contributed by atoms with van der Waals surface area (Å²) in [6, 6.07) is 13.6. The minimum Gasteiger partial charge on any atom is -0.368 e. The Balaban J connectivity index is 1.42. The average molecular weight is 465 g/mol. The van der Waals surface area contributed by atoms with Crippen molar-refractivity contribution in [3.05, 3.63) is 70.4 Å². The van der Waals surface area contributed by atoms with Crippen molar-refractivity contribution in [2.45, 2.75) is 26.3 Å². The molecule has 6 nitrogen and oxygen atoms in total. The van der Waals surface area contributed by atoms with E-state index in [9.17, 15) is 14.0 Å². The lowest BCUT2D eigenvalue weighted by molar-refractivity contribution is -0.135. The number of anilines is 1. The Hall–Kier alpha value is -3.26. The molecule has 0 unspecified atom stereocenters. The Bertz CT molecular complexity index is 1390. The third-order valence-corrected chi connectivity index (χ3v) is 7.63. The lowest BCUT2D eigenvalue weighted by atomic mass is 10.1. The van der Waals surface area contributed by atoms with E-state index >= 15 is 0 Å². The van der Waals surface area contributed by atoms with Crippen molar-refractivity contribution in [2.75, 3.05) is 31.1 Å². The van der Waals surface area contributed by atoms with Gasteiger partial charge < -0.3 is 9.80 Å². The molecule has 0 N–H and O–H groups in total. The first-order valence-electron chi connectivity index (χ1n) is 11.2. The van der Waals surface area contributed by atoms with Crippen LogP contribution in [0.5, 0.6) is 0 Å². The van der Waals surface area contributed by atoms with Crippen molar-refractivity contribution in [1.29, 1.82) is 0 Å². The quantitative estimate of drug-likeness (QED) is 0.450. The van der Waals surface area contributed by atoms with E-state index in [1.165, 1.54) is 16.8 Å². The predicted molar refractivity (Wildman–Crippen MR) is 131 cm³/mol. The maximum atomic E-state index is 13.5. The van der Waals surface area contributed by atoms with Crippen LogP contribution in [0.25, 0.3) is 20.2 Å². The number of benzene rings is 2. The molecule has 0 aliphatic carbocycles. The minimum absolute atomic E-state index is 0.0795. The van der Waals surface area contributed by atoms with Crippen LogP contribution in [0.1, 0.15) is 25.1 Å². The summed E-state index contributed by atoms with van der Waals surface area (Å²) in [6.45, 7) is 6.21. The van der Waals surface area contributed by atoms with E-state index in [1.807, 2.05) is 43.0 Å². The van der Waals surface area contributed by atoms with Crippen molar-refractivity contribution in [3.8, 4) is 0 Å². The van der Waals surface area contributed by atoms with Crippen LogP contribution in [0.3, 0.4) is 0 Å². The highest BCUT2D eigenvalue weighted by Crippen LogP contribution is 2.33. The number of rotatable bonds is 4. The predicted octanol–water partition coefficient (Wildman–Crippen LogP) is 4.36. The van der Waals surface area contributed by atoms with Crippen LogP contribution < -0.4 is 10.5 Å². The maximum Gasteiger partial charge on any atom is 0.276 e. The molecule has 1 amide bonds. The second-order valence-electron chi connectivity index (χ2n) is 8.35. The molecule has 5 rings (SSSR count). The second-order valence-corrected chi connectivity index (χ2v) is 9.40. The van der Waals surface area contributed by atoms with Gasteiger partial charge in [-0.15, -0.1) is 11.3 Å². The third-order valence-electron chi connectivity index (χ3n) is 6.35. The minimum atomic E-state index is -0.642. The van der Waals surface area contributed by atoms with Crippen LogP contribution in [-0.2, 0) is 4.79 Å². The summed E-state index contributed by atoms with van der Waals surface area (Å²) in [7, 11) is 0. The number of nitrogens with zero attached hydrogens (tertiary/aromatic N) is 4. The number of carbonyl (C=O) groups excluding carboxylic acids is 1. The summed E-state index contributed by atoms with van der Waals surface area (Å²) >= 11 is 1.57. The molecule has 1 fully saturated rings. The van der Waals surface area contributed by atoms with Crippen molar-refractivity contribution in [2.24, 2.45) is 0 Å². The van der Waals surface area contributed by atoms with Crippen molar-refractivity contribution >= 4 is 43.1 Å². The number of hydrogen-bond donors (Lipinski definition) is 0. The zero-order valence-electron chi connectivity index (χ0n) is 18.6. The lowest BCUT2D eigenvalue weighted by Gasteiger charge is -2.37. The first-order chi connectivity index (χ1) is 16.0. The molecule has 0 radical (unpaired) electrons. The summed E-state index contributed by atoms with van der Waals surface area (Å²) in [5.74, 6) is -0.342. The van der Waals surface area contributed by atoms with Gasteiger partial charge in [-0.1, -0.05) is 25.1 Å². The number of amides is 1. The number of aromatic nitrogens is 2. The van der Waals surface area contributed by atoms with Gasteiger partial charge in [0.15, 0.2) is 0 Å². The fourth-order valence-electron chi connectivity index (χ4n) is 4.59. The Morgan fingerprint density at radius 1 is 1.09 bits per heavy atom. The van der Waals surface area contributed by atoms with Gasteiger partial charge in [-0.05, 0) is 43.7 Å². The van der Waals surface area contributed by atoms with Gasteiger partial charge in [-0.2, -0.15) is 5.10 Å². The molecule has 33 heavy (non-hydrogen) atoms. The summed E-state index contributed by atoms with van der Waals surface area (Å²) < 4.78 is 16.6. The van der Waals surface area contributed by atoms with Gasteiger partial charge >= 0.3 is 0 Å². The van der Waals surface area contributed by atoms with Crippen LogP contribution in [0.15, 0.2) is 53.3 Å². The molecule has 3 heterocycles. The molecule has 1 atom stereocenters. The normalized spacial score (nSPS) is 15.4. The zero-order valence-corrected chi connectivity index (χ0v) is 19.4. The first-order valence-corrected chi connectivity index (χ1v) is 12.0. The van der Waals surface area contributed by atoms with Gasteiger partial charge in [-0.25, -0.2) is 9.07 Å². The van der Waals surface area contributed by atoms with E-state index in [2.05, 4.69) is 10.00 Å². The molecule has 1 aliphatic heterocycles. The Labute approximate surface area is 194 Å². The standard InChI is InChI=1S/C25H25FN4O2S/c1-3-20(24(31)29-14-12-28(13-15-29)18-10-8-17(26)9-11-18)30-25(32)22-19-6-4-5-7-21(19)33-23(22)16(2)27-30/h4-11,20H,3,12-15H2,1-2H3/t20-/m0/s1. The number of thiophene rings is 1. The molecule has 0 saturated carbocycles. The highest BCUT2D eigenvalue weighted by Gasteiger charge is 2.30.